The van der Waals surface area contributed by atoms with Gasteiger partial charge in [-0.05, 0) is 19.4 Å². The van der Waals surface area contributed by atoms with Gasteiger partial charge in [-0.25, -0.2) is 0 Å². The molecule has 1 unspecified atom stereocenters. The molecule has 0 aliphatic rings. The first-order valence-electron chi connectivity index (χ1n) is 5.89. The van der Waals surface area contributed by atoms with Gasteiger partial charge in [0.05, 0.1) is 0 Å². The number of nitrogens with one attached hydrogen (secondary N) is 1. The van der Waals surface area contributed by atoms with Crippen LogP contribution in [0.15, 0.2) is 0 Å². The molecule has 1 N–H and O–H groups in total. The van der Waals surface area contributed by atoms with Gasteiger partial charge in [0, 0.05) is 6.04 Å². The van der Waals surface area contributed by atoms with Crippen molar-refractivity contribution in [2.45, 2.75) is 65.3 Å². The van der Waals surface area contributed by atoms with Crippen molar-refractivity contribution in [3.8, 4) is 0 Å². The van der Waals surface area contributed by atoms with E-state index >= 15 is 0 Å². The van der Waals surface area contributed by atoms with Gasteiger partial charge in [-0.15, -0.1) is 0 Å². The Morgan fingerprint density at radius 2 is 1.62 bits per heavy atom. The Labute approximate surface area is 84.3 Å². The van der Waals surface area contributed by atoms with Crippen LogP contribution in [0, 0.1) is 5.92 Å². The zero-order valence-electron chi connectivity index (χ0n) is 9.90. The molecule has 0 aromatic carbocycles. The molecule has 0 radical (unpaired) electrons. The Morgan fingerprint density at radius 1 is 1.00 bits per heavy atom. The summed E-state index contributed by atoms with van der Waals surface area (Å²) in [6.07, 6.45) is 8.33. The van der Waals surface area contributed by atoms with Crippen molar-refractivity contribution < 1.29 is 0 Å². The average molecular weight is 185 g/mol. The van der Waals surface area contributed by atoms with Crippen LogP contribution < -0.4 is 5.32 Å². The third kappa shape index (κ3) is 7.06. The Morgan fingerprint density at radius 3 is 2.08 bits per heavy atom. The minimum Gasteiger partial charge on any atom is -0.317 e. The molecule has 0 saturated carbocycles. The van der Waals surface area contributed by atoms with Gasteiger partial charge in [0.1, 0.15) is 0 Å². The fraction of sp³-hybridized carbons (Fsp3) is 1.00. The summed E-state index contributed by atoms with van der Waals surface area (Å²) in [5.41, 5.74) is 0. The Bertz CT molecular complexity index is 99.3. The van der Waals surface area contributed by atoms with E-state index < -0.39 is 0 Å². The third-order valence-electron chi connectivity index (χ3n) is 2.79. The second-order valence-electron chi connectivity index (χ2n) is 4.34. The molecule has 1 atom stereocenters. The van der Waals surface area contributed by atoms with Crippen LogP contribution in [0.2, 0.25) is 0 Å². The molecular formula is C12H27N. The highest BCUT2D eigenvalue weighted by Crippen LogP contribution is 2.12. The lowest BCUT2D eigenvalue weighted by atomic mass is 9.98. The van der Waals surface area contributed by atoms with E-state index in [1.54, 1.807) is 0 Å². The maximum atomic E-state index is 3.39. The monoisotopic (exact) mass is 185 g/mol. The third-order valence-corrected chi connectivity index (χ3v) is 2.79. The fourth-order valence-electron chi connectivity index (χ4n) is 1.78. The summed E-state index contributed by atoms with van der Waals surface area (Å²) < 4.78 is 0. The van der Waals surface area contributed by atoms with Gasteiger partial charge in [-0.2, -0.15) is 0 Å². The Kier molecular flexibility index (Phi) is 8.53. The minimum absolute atomic E-state index is 0.724. The first-order chi connectivity index (χ1) is 6.22. The van der Waals surface area contributed by atoms with E-state index in [1.807, 2.05) is 0 Å². The topological polar surface area (TPSA) is 12.0 Å². The maximum Gasteiger partial charge on any atom is 0.00870 e. The second-order valence-corrected chi connectivity index (χ2v) is 4.34. The lowest BCUT2D eigenvalue weighted by molar-refractivity contribution is 0.386. The van der Waals surface area contributed by atoms with Crippen LogP contribution in [-0.2, 0) is 0 Å². The van der Waals surface area contributed by atoms with Crippen molar-refractivity contribution in [1.29, 1.82) is 0 Å². The highest BCUT2D eigenvalue weighted by molar-refractivity contribution is 4.67. The zero-order chi connectivity index (χ0) is 10.1. The summed E-state index contributed by atoms with van der Waals surface area (Å²) in [7, 11) is 2.08. The van der Waals surface area contributed by atoms with Crippen molar-refractivity contribution in [1.82, 2.24) is 5.32 Å². The summed E-state index contributed by atoms with van der Waals surface area (Å²) in [5.74, 6) is 0.774. The largest absolute Gasteiger partial charge is 0.317 e. The van der Waals surface area contributed by atoms with Gasteiger partial charge in [0.2, 0.25) is 0 Å². The molecule has 0 heterocycles. The molecule has 0 aliphatic carbocycles. The summed E-state index contributed by atoms with van der Waals surface area (Å²) >= 11 is 0. The van der Waals surface area contributed by atoms with Crippen molar-refractivity contribution in [3.63, 3.8) is 0 Å². The molecule has 0 aromatic heterocycles. The molecule has 80 valence electrons. The van der Waals surface area contributed by atoms with E-state index in [9.17, 15) is 0 Å². The zero-order valence-corrected chi connectivity index (χ0v) is 9.90. The smallest absolute Gasteiger partial charge is 0.00870 e. The summed E-state index contributed by atoms with van der Waals surface area (Å²) in [6, 6.07) is 0.724. The summed E-state index contributed by atoms with van der Waals surface area (Å²) in [5, 5.41) is 3.39. The van der Waals surface area contributed by atoms with Crippen LogP contribution in [-0.4, -0.2) is 13.1 Å². The molecule has 0 rings (SSSR count). The minimum atomic E-state index is 0.724. The fourth-order valence-corrected chi connectivity index (χ4v) is 1.78. The van der Waals surface area contributed by atoms with Gasteiger partial charge in [-0.3, -0.25) is 0 Å². The van der Waals surface area contributed by atoms with Crippen LogP contribution >= 0.6 is 0 Å². The van der Waals surface area contributed by atoms with Crippen LogP contribution in [0.5, 0.6) is 0 Å². The van der Waals surface area contributed by atoms with Gasteiger partial charge < -0.3 is 5.32 Å². The first-order valence-corrected chi connectivity index (χ1v) is 5.89. The molecule has 0 fully saturated rings. The molecule has 0 aliphatic heterocycles. The summed E-state index contributed by atoms with van der Waals surface area (Å²) in [4.78, 5) is 0. The van der Waals surface area contributed by atoms with E-state index in [2.05, 4.69) is 33.1 Å². The van der Waals surface area contributed by atoms with E-state index in [1.165, 1.54) is 38.5 Å². The molecule has 0 bridgehead atoms. The van der Waals surface area contributed by atoms with Gasteiger partial charge in [0.25, 0.3) is 0 Å². The summed E-state index contributed by atoms with van der Waals surface area (Å²) in [6.45, 7) is 6.87. The van der Waals surface area contributed by atoms with E-state index in [4.69, 9.17) is 0 Å². The van der Waals surface area contributed by atoms with Crippen molar-refractivity contribution in [2.75, 3.05) is 7.05 Å². The number of unbranched alkanes of at least 4 members (excludes halogenated alkanes) is 4. The van der Waals surface area contributed by atoms with Gasteiger partial charge in [0.15, 0.2) is 0 Å². The molecule has 0 amide bonds. The quantitative estimate of drug-likeness (QED) is 0.570. The predicted molar refractivity (Wildman–Crippen MR) is 61.1 cm³/mol. The molecule has 1 heteroatoms. The highest BCUT2D eigenvalue weighted by Gasteiger charge is 2.09. The number of rotatable bonds is 8. The van der Waals surface area contributed by atoms with Gasteiger partial charge >= 0.3 is 0 Å². The van der Waals surface area contributed by atoms with Gasteiger partial charge in [-0.1, -0.05) is 52.9 Å². The highest BCUT2D eigenvalue weighted by atomic mass is 14.9. The van der Waals surface area contributed by atoms with Crippen molar-refractivity contribution >= 4 is 0 Å². The SMILES string of the molecule is CCCCCCCC(NC)C(C)C. The molecule has 1 nitrogen and oxygen atoms in total. The second kappa shape index (κ2) is 8.55. The predicted octanol–water partition coefficient (Wildman–Crippen LogP) is 3.59. The lowest BCUT2D eigenvalue weighted by Crippen LogP contribution is -2.30. The molecule has 0 saturated heterocycles. The first kappa shape index (κ1) is 13.0. The van der Waals surface area contributed by atoms with Crippen LogP contribution in [0.4, 0.5) is 0 Å². The van der Waals surface area contributed by atoms with Crippen LogP contribution in [0.1, 0.15) is 59.3 Å². The molecule has 0 spiro atoms. The standard InChI is InChI=1S/C12H27N/c1-5-6-7-8-9-10-12(13-4)11(2)3/h11-13H,5-10H2,1-4H3. The maximum absolute atomic E-state index is 3.39. The molecule has 0 aromatic rings. The van der Waals surface area contributed by atoms with E-state index in [0.29, 0.717) is 0 Å². The average Bonchev–Trinajstić information content (AvgIpc) is 2.10. The molecular weight excluding hydrogens is 158 g/mol. The van der Waals surface area contributed by atoms with Crippen molar-refractivity contribution in [3.05, 3.63) is 0 Å². The molecule has 13 heavy (non-hydrogen) atoms. The lowest BCUT2D eigenvalue weighted by Gasteiger charge is -2.19. The van der Waals surface area contributed by atoms with Crippen molar-refractivity contribution in [2.24, 2.45) is 5.92 Å². The number of hydrogen-bond acceptors (Lipinski definition) is 1. The normalized spacial score (nSPS) is 13.6. The van der Waals surface area contributed by atoms with Crippen LogP contribution in [0.25, 0.3) is 0 Å². The Hall–Kier alpha value is -0.0400. The van der Waals surface area contributed by atoms with E-state index in [0.717, 1.165) is 12.0 Å². The van der Waals surface area contributed by atoms with E-state index in [-0.39, 0.29) is 0 Å². The Balaban J connectivity index is 3.28. The van der Waals surface area contributed by atoms with Crippen LogP contribution in [0.3, 0.4) is 0 Å². The number of hydrogen-bond donors (Lipinski definition) is 1.